The maximum absolute atomic E-state index is 10.9. The zero-order valence-corrected chi connectivity index (χ0v) is 10.5. The summed E-state index contributed by atoms with van der Waals surface area (Å²) >= 11 is 0. The van der Waals surface area contributed by atoms with E-state index < -0.39 is 12.0 Å². The SMILES string of the molecule is CCCC(NCc1cnn(CCC)c1)C(=O)O. The van der Waals surface area contributed by atoms with Gasteiger partial charge in [0.15, 0.2) is 0 Å². The first-order valence-corrected chi connectivity index (χ1v) is 6.14. The van der Waals surface area contributed by atoms with Gasteiger partial charge in [-0.25, -0.2) is 0 Å². The molecule has 0 fully saturated rings. The summed E-state index contributed by atoms with van der Waals surface area (Å²) in [5.41, 5.74) is 1.03. The van der Waals surface area contributed by atoms with Gasteiger partial charge in [0, 0.05) is 24.8 Å². The highest BCUT2D eigenvalue weighted by atomic mass is 16.4. The smallest absolute Gasteiger partial charge is 0.320 e. The molecule has 0 amide bonds. The molecule has 0 aliphatic heterocycles. The minimum Gasteiger partial charge on any atom is -0.480 e. The van der Waals surface area contributed by atoms with Gasteiger partial charge in [-0.15, -0.1) is 0 Å². The van der Waals surface area contributed by atoms with Crippen molar-refractivity contribution in [3.05, 3.63) is 18.0 Å². The van der Waals surface area contributed by atoms with Crippen molar-refractivity contribution in [2.45, 2.75) is 52.2 Å². The minimum absolute atomic E-state index is 0.463. The van der Waals surface area contributed by atoms with Crippen LogP contribution in [0, 0.1) is 0 Å². The summed E-state index contributed by atoms with van der Waals surface area (Å²) in [6, 6.07) is -0.463. The van der Waals surface area contributed by atoms with Crippen molar-refractivity contribution in [2.24, 2.45) is 0 Å². The molecule has 0 aliphatic carbocycles. The summed E-state index contributed by atoms with van der Waals surface area (Å²) in [4.78, 5) is 10.9. The molecule has 0 spiro atoms. The second-order valence-corrected chi connectivity index (χ2v) is 4.17. The van der Waals surface area contributed by atoms with Crippen molar-refractivity contribution in [1.29, 1.82) is 0 Å². The van der Waals surface area contributed by atoms with Crippen molar-refractivity contribution >= 4 is 5.97 Å². The van der Waals surface area contributed by atoms with Crippen LogP contribution in [0.15, 0.2) is 12.4 Å². The molecule has 96 valence electrons. The minimum atomic E-state index is -0.784. The number of carbonyl (C=O) groups is 1. The molecule has 1 aromatic rings. The van der Waals surface area contributed by atoms with Gasteiger partial charge in [-0.1, -0.05) is 20.3 Å². The Balaban J connectivity index is 2.44. The van der Waals surface area contributed by atoms with Crippen molar-refractivity contribution in [3.8, 4) is 0 Å². The summed E-state index contributed by atoms with van der Waals surface area (Å²) in [5.74, 6) is -0.784. The Morgan fingerprint density at radius 2 is 2.29 bits per heavy atom. The molecular weight excluding hydrogens is 218 g/mol. The number of carboxylic acids is 1. The van der Waals surface area contributed by atoms with E-state index in [2.05, 4.69) is 17.3 Å². The van der Waals surface area contributed by atoms with E-state index in [-0.39, 0.29) is 0 Å². The van der Waals surface area contributed by atoms with E-state index in [1.54, 1.807) is 6.20 Å². The fraction of sp³-hybridized carbons (Fsp3) is 0.667. The monoisotopic (exact) mass is 239 g/mol. The van der Waals surface area contributed by atoms with Crippen LogP contribution in [0.1, 0.15) is 38.7 Å². The summed E-state index contributed by atoms with van der Waals surface area (Å²) in [6.45, 7) is 5.54. The van der Waals surface area contributed by atoms with Gasteiger partial charge < -0.3 is 10.4 Å². The third kappa shape index (κ3) is 4.56. The normalized spacial score (nSPS) is 12.6. The Hall–Kier alpha value is -1.36. The topological polar surface area (TPSA) is 67.2 Å². The summed E-state index contributed by atoms with van der Waals surface area (Å²) in [6.07, 6.45) is 6.30. The maximum atomic E-state index is 10.9. The molecule has 0 aliphatic rings. The molecule has 0 radical (unpaired) electrons. The van der Waals surface area contributed by atoms with Crippen LogP contribution in [0.2, 0.25) is 0 Å². The summed E-state index contributed by atoms with van der Waals surface area (Å²) < 4.78 is 1.88. The molecule has 1 unspecified atom stereocenters. The van der Waals surface area contributed by atoms with E-state index in [1.807, 2.05) is 17.8 Å². The van der Waals surface area contributed by atoms with Crippen molar-refractivity contribution < 1.29 is 9.90 Å². The average molecular weight is 239 g/mol. The molecule has 5 heteroatoms. The van der Waals surface area contributed by atoms with E-state index in [0.717, 1.165) is 24.9 Å². The third-order valence-electron chi connectivity index (χ3n) is 2.57. The van der Waals surface area contributed by atoms with Crippen LogP contribution in [0.4, 0.5) is 0 Å². The molecule has 1 heterocycles. The number of nitrogens with one attached hydrogen (secondary N) is 1. The number of hydrogen-bond acceptors (Lipinski definition) is 3. The lowest BCUT2D eigenvalue weighted by molar-refractivity contribution is -0.139. The molecule has 0 saturated heterocycles. The van der Waals surface area contributed by atoms with Crippen molar-refractivity contribution in [3.63, 3.8) is 0 Å². The first kappa shape index (κ1) is 13.7. The summed E-state index contributed by atoms with van der Waals surface area (Å²) in [5, 5.41) is 16.2. The van der Waals surface area contributed by atoms with E-state index in [9.17, 15) is 4.79 Å². The molecular formula is C12H21N3O2. The summed E-state index contributed by atoms with van der Waals surface area (Å²) in [7, 11) is 0. The molecule has 1 aromatic heterocycles. The van der Waals surface area contributed by atoms with Gasteiger partial charge in [0.25, 0.3) is 0 Å². The van der Waals surface area contributed by atoms with Gasteiger partial charge in [0.05, 0.1) is 6.20 Å². The lowest BCUT2D eigenvalue weighted by atomic mass is 10.1. The number of nitrogens with zero attached hydrogens (tertiary/aromatic N) is 2. The largest absolute Gasteiger partial charge is 0.480 e. The Morgan fingerprint density at radius 1 is 1.53 bits per heavy atom. The van der Waals surface area contributed by atoms with Crippen LogP contribution in [-0.4, -0.2) is 26.9 Å². The first-order chi connectivity index (χ1) is 8.17. The van der Waals surface area contributed by atoms with Gasteiger partial charge in [-0.3, -0.25) is 9.48 Å². The van der Waals surface area contributed by atoms with Gasteiger partial charge in [-0.2, -0.15) is 5.10 Å². The van der Waals surface area contributed by atoms with Crippen LogP contribution < -0.4 is 5.32 Å². The number of aliphatic carboxylic acids is 1. The third-order valence-corrected chi connectivity index (χ3v) is 2.57. The van der Waals surface area contributed by atoms with Crippen LogP contribution in [0.3, 0.4) is 0 Å². The average Bonchev–Trinajstić information content (AvgIpc) is 2.72. The number of carboxylic acid groups (broad SMARTS) is 1. The standard InChI is InChI=1S/C12H21N3O2/c1-3-5-11(12(16)17)13-7-10-8-14-15(9-10)6-4-2/h8-9,11,13H,3-7H2,1-2H3,(H,16,17). The Morgan fingerprint density at radius 3 is 2.88 bits per heavy atom. The number of hydrogen-bond donors (Lipinski definition) is 2. The highest BCUT2D eigenvalue weighted by Crippen LogP contribution is 2.02. The van der Waals surface area contributed by atoms with Crippen LogP contribution in [0.25, 0.3) is 0 Å². The first-order valence-electron chi connectivity index (χ1n) is 6.14. The molecule has 2 N–H and O–H groups in total. The highest BCUT2D eigenvalue weighted by molar-refractivity contribution is 5.73. The molecule has 0 saturated carbocycles. The van der Waals surface area contributed by atoms with Gasteiger partial charge >= 0.3 is 5.97 Å². The zero-order chi connectivity index (χ0) is 12.7. The van der Waals surface area contributed by atoms with Crippen molar-refractivity contribution in [1.82, 2.24) is 15.1 Å². The highest BCUT2D eigenvalue weighted by Gasteiger charge is 2.15. The lowest BCUT2D eigenvalue weighted by Gasteiger charge is -2.12. The van der Waals surface area contributed by atoms with Gasteiger partial charge in [-0.05, 0) is 12.8 Å². The predicted molar refractivity (Wildman–Crippen MR) is 65.7 cm³/mol. The molecule has 5 nitrogen and oxygen atoms in total. The van der Waals surface area contributed by atoms with E-state index in [1.165, 1.54) is 0 Å². The molecule has 1 rings (SSSR count). The van der Waals surface area contributed by atoms with Crippen LogP contribution in [-0.2, 0) is 17.9 Å². The molecule has 1 atom stereocenters. The molecule has 0 bridgehead atoms. The van der Waals surface area contributed by atoms with Crippen LogP contribution in [0.5, 0.6) is 0 Å². The Labute approximate surface area is 102 Å². The fourth-order valence-corrected chi connectivity index (χ4v) is 1.69. The predicted octanol–water partition coefficient (Wildman–Crippen LogP) is 1.64. The maximum Gasteiger partial charge on any atom is 0.320 e. The fourth-order valence-electron chi connectivity index (χ4n) is 1.69. The second kappa shape index (κ2) is 7.06. The van der Waals surface area contributed by atoms with Crippen molar-refractivity contribution in [2.75, 3.05) is 0 Å². The number of aryl methyl sites for hydroxylation is 1. The second-order valence-electron chi connectivity index (χ2n) is 4.17. The van der Waals surface area contributed by atoms with E-state index in [0.29, 0.717) is 13.0 Å². The Kier molecular flexibility index (Phi) is 5.69. The molecule has 17 heavy (non-hydrogen) atoms. The number of aromatic nitrogens is 2. The molecule has 0 aromatic carbocycles. The lowest BCUT2D eigenvalue weighted by Crippen LogP contribution is -2.35. The zero-order valence-electron chi connectivity index (χ0n) is 10.5. The van der Waals surface area contributed by atoms with E-state index >= 15 is 0 Å². The number of rotatable bonds is 8. The quantitative estimate of drug-likeness (QED) is 0.723. The van der Waals surface area contributed by atoms with Gasteiger partial charge in [0.1, 0.15) is 6.04 Å². The van der Waals surface area contributed by atoms with Crippen LogP contribution >= 0.6 is 0 Å². The van der Waals surface area contributed by atoms with E-state index in [4.69, 9.17) is 5.11 Å². The Bertz CT molecular complexity index is 349. The van der Waals surface area contributed by atoms with Gasteiger partial charge in [0.2, 0.25) is 0 Å².